The van der Waals surface area contributed by atoms with Crippen LogP contribution in [0.1, 0.15) is 28.5 Å². The molecule has 0 unspecified atom stereocenters. The highest BCUT2D eigenvalue weighted by atomic mass is 19.1. The molecule has 2 aromatic carbocycles. The first-order chi connectivity index (χ1) is 12.1. The monoisotopic (exact) mass is 334 g/mol. The van der Waals surface area contributed by atoms with E-state index in [1.54, 1.807) is 41.1 Å². The smallest absolute Gasteiger partial charge is 0.259 e. The number of benzene rings is 2. The van der Waals surface area contributed by atoms with E-state index in [1.165, 1.54) is 18.2 Å². The topological polar surface area (TPSA) is 70.7 Å². The molecule has 25 heavy (non-hydrogen) atoms. The Morgan fingerprint density at radius 2 is 1.96 bits per heavy atom. The molecule has 0 fully saturated rings. The van der Waals surface area contributed by atoms with E-state index in [4.69, 9.17) is 5.26 Å². The van der Waals surface area contributed by atoms with Crippen LogP contribution in [0, 0.1) is 17.1 Å². The summed E-state index contributed by atoms with van der Waals surface area (Å²) in [4.78, 5) is 12.2. The highest BCUT2D eigenvalue weighted by molar-refractivity contribution is 6.03. The van der Waals surface area contributed by atoms with Crippen LogP contribution in [-0.4, -0.2) is 15.7 Å². The fraction of sp³-hybridized carbons (Fsp3) is 0.105. The molecule has 6 heteroatoms. The Hall–Kier alpha value is -3.46. The molecule has 0 atom stereocenters. The highest BCUT2D eigenvalue weighted by Gasteiger charge is 2.14. The molecule has 0 spiro atoms. The van der Waals surface area contributed by atoms with Crippen LogP contribution in [0.25, 0.3) is 5.69 Å². The molecule has 1 N–H and O–H groups in total. The zero-order chi connectivity index (χ0) is 17.8. The molecule has 5 nitrogen and oxygen atoms in total. The summed E-state index contributed by atoms with van der Waals surface area (Å²) < 4.78 is 15.4. The van der Waals surface area contributed by atoms with Gasteiger partial charge in [0.1, 0.15) is 5.82 Å². The van der Waals surface area contributed by atoms with Gasteiger partial charge < -0.3 is 5.32 Å². The zero-order valence-electron chi connectivity index (χ0n) is 13.5. The van der Waals surface area contributed by atoms with Gasteiger partial charge in [0, 0.05) is 11.8 Å². The van der Waals surface area contributed by atoms with Crippen LogP contribution < -0.4 is 5.32 Å². The molecular formula is C19H15FN4O. The first-order valence-corrected chi connectivity index (χ1v) is 7.77. The van der Waals surface area contributed by atoms with Gasteiger partial charge in [-0.3, -0.25) is 4.79 Å². The van der Waals surface area contributed by atoms with Gasteiger partial charge in [-0.05, 0) is 42.8 Å². The van der Waals surface area contributed by atoms with Crippen molar-refractivity contribution in [2.75, 3.05) is 5.32 Å². The number of nitrogens with zero attached hydrogens (tertiary/aromatic N) is 3. The predicted octanol–water partition coefficient (Wildman–Crippen LogP) is 3.70. The van der Waals surface area contributed by atoms with Crippen LogP contribution in [0.2, 0.25) is 0 Å². The van der Waals surface area contributed by atoms with E-state index in [9.17, 15) is 9.18 Å². The molecule has 1 aromatic heterocycles. The minimum absolute atomic E-state index is 0.0338. The van der Waals surface area contributed by atoms with E-state index in [0.717, 1.165) is 11.4 Å². The maximum atomic E-state index is 13.7. The van der Waals surface area contributed by atoms with Crippen molar-refractivity contribution in [1.82, 2.24) is 9.78 Å². The third-order valence-corrected chi connectivity index (χ3v) is 3.75. The summed E-state index contributed by atoms with van der Waals surface area (Å²) in [5.74, 6) is -0.790. The van der Waals surface area contributed by atoms with Crippen molar-refractivity contribution < 1.29 is 9.18 Å². The minimum atomic E-state index is -0.581. The number of hydrogen-bond acceptors (Lipinski definition) is 3. The second-order valence-electron chi connectivity index (χ2n) is 5.38. The standard InChI is InChI=1S/C19H15FN4O/c1-2-14-11-18(22-19(25)16-5-3-4-6-17(16)20)23-24(14)15-9-7-13(12-21)8-10-15/h3-11H,2H2,1H3,(H,22,23,25). The molecule has 1 amide bonds. The van der Waals surface area contributed by atoms with E-state index in [0.29, 0.717) is 17.8 Å². The van der Waals surface area contributed by atoms with Gasteiger partial charge in [-0.25, -0.2) is 9.07 Å². The van der Waals surface area contributed by atoms with Gasteiger partial charge in [-0.15, -0.1) is 5.10 Å². The summed E-state index contributed by atoms with van der Waals surface area (Å²) in [6.45, 7) is 1.97. The number of amides is 1. The Kier molecular flexibility index (Phi) is 4.57. The molecule has 0 bridgehead atoms. The minimum Gasteiger partial charge on any atom is -0.305 e. The Morgan fingerprint density at radius 3 is 2.60 bits per heavy atom. The highest BCUT2D eigenvalue weighted by Crippen LogP contribution is 2.18. The molecule has 1 heterocycles. The molecule has 3 aromatic rings. The van der Waals surface area contributed by atoms with E-state index in [-0.39, 0.29) is 5.56 Å². The molecule has 0 saturated heterocycles. The summed E-state index contributed by atoms with van der Waals surface area (Å²) >= 11 is 0. The first-order valence-electron chi connectivity index (χ1n) is 7.77. The largest absolute Gasteiger partial charge is 0.305 e. The summed E-state index contributed by atoms with van der Waals surface area (Å²) in [6, 6.07) is 16.6. The SMILES string of the molecule is CCc1cc(NC(=O)c2ccccc2F)nn1-c1ccc(C#N)cc1. The molecule has 0 saturated carbocycles. The van der Waals surface area contributed by atoms with Crippen LogP contribution in [0.3, 0.4) is 0 Å². The number of carbonyl (C=O) groups is 1. The molecule has 0 radical (unpaired) electrons. The number of nitriles is 1. The quantitative estimate of drug-likeness (QED) is 0.791. The van der Waals surface area contributed by atoms with Crippen molar-refractivity contribution in [3.8, 4) is 11.8 Å². The maximum Gasteiger partial charge on any atom is 0.259 e. The van der Waals surface area contributed by atoms with Crippen molar-refractivity contribution in [2.24, 2.45) is 0 Å². The molecule has 0 aliphatic heterocycles. The number of rotatable bonds is 4. The lowest BCUT2D eigenvalue weighted by Crippen LogP contribution is -2.14. The third kappa shape index (κ3) is 3.40. The normalized spacial score (nSPS) is 10.3. The van der Waals surface area contributed by atoms with Gasteiger partial charge in [0.05, 0.1) is 22.9 Å². The van der Waals surface area contributed by atoms with Gasteiger partial charge in [-0.1, -0.05) is 19.1 Å². The summed E-state index contributed by atoms with van der Waals surface area (Å²) in [5.41, 5.74) is 2.19. The predicted molar refractivity (Wildman–Crippen MR) is 92.0 cm³/mol. The van der Waals surface area contributed by atoms with Crippen LogP contribution >= 0.6 is 0 Å². The van der Waals surface area contributed by atoms with Gasteiger partial charge in [-0.2, -0.15) is 5.26 Å². The summed E-state index contributed by atoms with van der Waals surface area (Å²) in [5, 5.41) is 15.9. The lowest BCUT2D eigenvalue weighted by Gasteiger charge is -2.05. The molecule has 3 rings (SSSR count). The van der Waals surface area contributed by atoms with E-state index >= 15 is 0 Å². The van der Waals surface area contributed by atoms with E-state index in [2.05, 4.69) is 16.5 Å². The number of anilines is 1. The Bertz CT molecular complexity index is 954. The van der Waals surface area contributed by atoms with Crippen molar-refractivity contribution in [3.63, 3.8) is 0 Å². The fourth-order valence-corrected chi connectivity index (χ4v) is 2.46. The number of aromatic nitrogens is 2. The van der Waals surface area contributed by atoms with Crippen molar-refractivity contribution in [3.05, 3.63) is 77.2 Å². The van der Waals surface area contributed by atoms with Crippen LogP contribution in [0.5, 0.6) is 0 Å². The second-order valence-corrected chi connectivity index (χ2v) is 5.38. The molecule has 0 aliphatic rings. The molecular weight excluding hydrogens is 319 g/mol. The average Bonchev–Trinajstić information content (AvgIpc) is 3.05. The van der Waals surface area contributed by atoms with Crippen molar-refractivity contribution in [2.45, 2.75) is 13.3 Å². The Morgan fingerprint density at radius 1 is 1.24 bits per heavy atom. The lowest BCUT2D eigenvalue weighted by atomic mass is 10.2. The van der Waals surface area contributed by atoms with Crippen LogP contribution in [0.15, 0.2) is 54.6 Å². The van der Waals surface area contributed by atoms with E-state index < -0.39 is 11.7 Å². The summed E-state index contributed by atoms with van der Waals surface area (Å²) in [7, 11) is 0. The molecule has 0 aliphatic carbocycles. The first kappa shape index (κ1) is 16.4. The number of aryl methyl sites for hydroxylation is 1. The Balaban J connectivity index is 1.89. The molecule has 124 valence electrons. The zero-order valence-corrected chi connectivity index (χ0v) is 13.5. The maximum absolute atomic E-state index is 13.7. The number of nitrogens with one attached hydrogen (secondary N) is 1. The van der Waals surface area contributed by atoms with Crippen LogP contribution in [-0.2, 0) is 6.42 Å². The van der Waals surface area contributed by atoms with Gasteiger partial charge in [0.25, 0.3) is 5.91 Å². The Labute approximate surface area is 144 Å². The van der Waals surface area contributed by atoms with E-state index in [1.807, 2.05) is 6.92 Å². The van der Waals surface area contributed by atoms with Crippen molar-refractivity contribution >= 4 is 11.7 Å². The lowest BCUT2D eigenvalue weighted by molar-refractivity contribution is 0.102. The second kappa shape index (κ2) is 6.97. The average molecular weight is 334 g/mol. The number of carbonyl (C=O) groups excluding carboxylic acids is 1. The van der Waals surface area contributed by atoms with Crippen LogP contribution in [0.4, 0.5) is 10.2 Å². The number of hydrogen-bond donors (Lipinski definition) is 1. The summed E-state index contributed by atoms with van der Waals surface area (Å²) in [6.07, 6.45) is 0.697. The van der Waals surface area contributed by atoms with Gasteiger partial charge >= 0.3 is 0 Å². The van der Waals surface area contributed by atoms with Crippen molar-refractivity contribution in [1.29, 1.82) is 5.26 Å². The fourth-order valence-electron chi connectivity index (χ4n) is 2.46. The van der Waals surface area contributed by atoms with Gasteiger partial charge in [0.15, 0.2) is 5.82 Å². The third-order valence-electron chi connectivity index (χ3n) is 3.75. The number of halogens is 1. The van der Waals surface area contributed by atoms with Gasteiger partial charge in [0.2, 0.25) is 0 Å².